The van der Waals surface area contributed by atoms with Crippen molar-refractivity contribution in [2.45, 2.75) is 50.8 Å². The molecule has 1 N–H and O–H groups in total. The van der Waals surface area contributed by atoms with Crippen molar-refractivity contribution in [3.05, 3.63) is 23.3 Å². The monoisotopic (exact) mass is 291 g/mol. The van der Waals surface area contributed by atoms with Gasteiger partial charge in [-0.25, -0.2) is 0 Å². The zero-order valence-corrected chi connectivity index (χ0v) is 13.0. The third-order valence-corrected chi connectivity index (χ3v) is 4.91. The van der Waals surface area contributed by atoms with Crippen LogP contribution >= 0.6 is 0 Å². The minimum atomic E-state index is -0.166. The summed E-state index contributed by atoms with van der Waals surface area (Å²) >= 11 is 0. The van der Waals surface area contributed by atoms with Crippen molar-refractivity contribution in [2.24, 2.45) is 0 Å². The number of rotatable bonds is 3. The van der Waals surface area contributed by atoms with Gasteiger partial charge in [-0.1, -0.05) is 12.8 Å². The Kier molecular flexibility index (Phi) is 4.36. The van der Waals surface area contributed by atoms with E-state index in [1.54, 1.807) is 14.2 Å². The molecule has 0 saturated heterocycles. The summed E-state index contributed by atoms with van der Waals surface area (Å²) in [6, 6.07) is 4.51. The Hall–Kier alpha value is -1.26. The summed E-state index contributed by atoms with van der Waals surface area (Å²) in [5, 5.41) is 10.3. The summed E-state index contributed by atoms with van der Waals surface area (Å²) < 4.78 is 10.8. The van der Waals surface area contributed by atoms with Gasteiger partial charge in [-0.15, -0.1) is 0 Å². The lowest BCUT2D eigenvalue weighted by Gasteiger charge is -2.40. The average Bonchev–Trinajstić information content (AvgIpc) is 2.53. The molecule has 21 heavy (non-hydrogen) atoms. The molecule has 4 heteroatoms. The van der Waals surface area contributed by atoms with Crippen molar-refractivity contribution in [1.29, 1.82) is 0 Å². The van der Waals surface area contributed by atoms with Crippen molar-refractivity contribution in [3.8, 4) is 11.5 Å². The molecule has 0 bridgehead atoms. The molecule has 2 unspecified atom stereocenters. The van der Waals surface area contributed by atoms with E-state index in [-0.39, 0.29) is 6.10 Å². The number of hydrogen-bond acceptors (Lipinski definition) is 4. The van der Waals surface area contributed by atoms with E-state index in [0.717, 1.165) is 50.3 Å². The van der Waals surface area contributed by atoms with Gasteiger partial charge in [0.15, 0.2) is 11.5 Å². The average molecular weight is 291 g/mol. The Labute approximate surface area is 126 Å². The minimum absolute atomic E-state index is 0.166. The smallest absolute Gasteiger partial charge is 0.161 e. The van der Waals surface area contributed by atoms with E-state index in [9.17, 15) is 5.11 Å². The molecule has 116 valence electrons. The van der Waals surface area contributed by atoms with E-state index in [1.165, 1.54) is 17.5 Å². The molecule has 1 saturated carbocycles. The number of aliphatic hydroxyl groups excluding tert-OH is 1. The number of fused-ring (bicyclic) bond motifs is 1. The van der Waals surface area contributed by atoms with Crippen molar-refractivity contribution in [1.82, 2.24) is 4.90 Å². The first-order chi connectivity index (χ1) is 10.2. The Balaban J connectivity index is 1.81. The van der Waals surface area contributed by atoms with Gasteiger partial charge < -0.3 is 14.6 Å². The maximum Gasteiger partial charge on any atom is 0.161 e. The van der Waals surface area contributed by atoms with Gasteiger partial charge in [0.25, 0.3) is 0 Å². The lowest BCUT2D eigenvalue weighted by Crippen LogP contribution is -2.47. The van der Waals surface area contributed by atoms with Crippen LogP contribution in [0.25, 0.3) is 0 Å². The summed E-state index contributed by atoms with van der Waals surface area (Å²) in [7, 11) is 3.35. The maximum atomic E-state index is 10.3. The molecule has 1 aromatic carbocycles. The van der Waals surface area contributed by atoms with E-state index in [2.05, 4.69) is 17.0 Å². The van der Waals surface area contributed by atoms with Crippen molar-refractivity contribution in [2.75, 3.05) is 20.8 Å². The Morgan fingerprint density at radius 3 is 2.38 bits per heavy atom. The molecule has 2 aliphatic rings. The molecular formula is C17H25NO3. The number of nitrogens with zero attached hydrogens (tertiary/aromatic N) is 1. The Morgan fingerprint density at radius 2 is 1.71 bits per heavy atom. The summed E-state index contributed by atoms with van der Waals surface area (Å²) in [5.41, 5.74) is 2.64. The molecule has 0 amide bonds. The fraction of sp³-hybridized carbons (Fsp3) is 0.647. The van der Waals surface area contributed by atoms with Crippen LogP contribution in [-0.4, -0.2) is 42.9 Å². The van der Waals surface area contributed by atoms with Crippen LogP contribution in [0.1, 0.15) is 36.8 Å². The molecule has 0 spiro atoms. The number of ether oxygens (including phenoxy) is 2. The predicted molar refractivity (Wildman–Crippen MR) is 81.9 cm³/mol. The molecule has 1 aliphatic heterocycles. The first kappa shape index (κ1) is 14.7. The van der Waals surface area contributed by atoms with Gasteiger partial charge in [0, 0.05) is 19.1 Å². The molecule has 1 aliphatic carbocycles. The molecule has 0 radical (unpaired) electrons. The van der Waals surface area contributed by atoms with Gasteiger partial charge in [0.05, 0.1) is 20.3 Å². The highest BCUT2D eigenvalue weighted by Gasteiger charge is 2.31. The van der Waals surface area contributed by atoms with E-state index in [1.807, 2.05) is 0 Å². The molecule has 2 atom stereocenters. The van der Waals surface area contributed by atoms with Crippen molar-refractivity contribution < 1.29 is 14.6 Å². The number of benzene rings is 1. The van der Waals surface area contributed by atoms with Crippen LogP contribution in [0.3, 0.4) is 0 Å². The molecular weight excluding hydrogens is 266 g/mol. The van der Waals surface area contributed by atoms with E-state index < -0.39 is 0 Å². The lowest BCUT2D eigenvalue weighted by molar-refractivity contribution is 0.0131. The summed E-state index contributed by atoms with van der Waals surface area (Å²) in [6.45, 7) is 1.92. The van der Waals surface area contributed by atoms with E-state index in [0.29, 0.717) is 6.04 Å². The lowest BCUT2D eigenvalue weighted by atomic mass is 9.89. The second kappa shape index (κ2) is 6.24. The van der Waals surface area contributed by atoms with Crippen molar-refractivity contribution >= 4 is 0 Å². The molecule has 1 heterocycles. The summed E-state index contributed by atoms with van der Waals surface area (Å²) in [5.74, 6) is 1.60. The second-order valence-corrected chi connectivity index (χ2v) is 6.12. The van der Waals surface area contributed by atoms with Gasteiger partial charge in [0.1, 0.15) is 0 Å². The van der Waals surface area contributed by atoms with Gasteiger partial charge >= 0.3 is 0 Å². The summed E-state index contributed by atoms with van der Waals surface area (Å²) in [4.78, 5) is 2.44. The van der Waals surface area contributed by atoms with Crippen LogP contribution in [0.4, 0.5) is 0 Å². The zero-order chi connectivity index (χ0) is 14.8. The summed E-state index contributed by atoms with van der Waals surface area (Å²) in [6.07, 6.45) is 5.30. The van der Waals surface area contributed by atoms with Gasteiger partial charge in [-0.05, 0) is 42.5 Å². The third kappa shape index (κ3) is 2.87. The van der Waals surface area contributed by atoms with Gasteiger partial charge in [0.2, 0.25) is 0 Å². The minimum Gasteiger partial charge on any atom is -0.493 e. The molecule has 0 aromatic heterocycles. The highest BCUT2D eigenvalue weighted by molar-refractivity contribution is 5.48. The van der Waals surface area contributed by atoms with Gasteiger partial charge in [-0.3, -0.25) is 4.90 Å². The number of methoxy groups -OCH3 is 2. The Bertz CT molecular complexity index is 503. The maximum absolute atomic E-state index is 10.3. The van der Waals surface area contributed by atoms with Crippen LogP contribution in [0.5, 0.6) is 11.5 Å². The first-order valence-corrected chi connectivity index (χ1v) is 7.89. The van der Waals surface area contributed by atoms with Crippen LogP contribution in [0, 0.1) is 0 Å². The Morgan fingerprint density at radius 1 is 1.05 bits per heavy atom. The fourth-order valence-electron chi connectivity index (χ4n) is 3.71. The first-order valence-electron chi connectivity index (χ1n) is 7.89. The standard InChI is InChI=1S/C17H25NO3/c1-20-16-9-12-7-8-18(11-13(12)10-17(16)21-2)14-5-3-4-6-15(14)19/h9-10,14-15,19H,3-8,11H2,1-2H3. The molecule has 1 aromatic rings. The fourth-order valence-corrected chi connectivity index (χ4v) is 3.71. The normalized spacial score (nSPS) is 26.2. The van der Waals surface area contributed by atoms with Gasteiger partial charge in [-0.2, -0.15) is 0 Å². The van der Waals surface area contributed by atoms with Crippen LogP contribution in [-0.2, 0) is 13.0 Å². The zero-order valence-electron chi connectivity index (χ0n) is 13.0. The SMILES string of the molecule is COc1cc2c(cc1OC)CN(C1CCCCC1O)CC2. The highest BCUT2D eigenvalue weighted by atomic mass is 16.5. The van der Waals surface area contributed by atoms with Crippen LogP contribution in [0.2, 0.25) is 0 Å². The second-order valence-electron chi connectivity index (χ2n) is 6.12. The van der Waals surface area contributed by atoms with Crippen LogP contribution < -0.4 is 9.47 Å². The van der Waals surface area contributed by atoms with Crippen molar-refractivity contribution in [3.63, 3.8) is 0 Å². The predicted octanol–water partition coefficient (Wildman–Crippen LogP) is 2.37. The highest BCUT2D eigenvalue weighted by Crippen LogP contribution is 2.35. The van der Waals surface area contributed by atoms with E-state index >= 15 is 0 Å². The third-order valence-electron chi connectivity index (χ3n) is 4.91. The quantitative estimate of drug-likeness (QED) is 0.928. The number of aliphatic hydroxyl groups is 1. The molecule has 4 nitrogen and oxygen atoms in total. The molecule has 1 fully saturated rings. The molecule has 3 rings (SSSR count). The number of hydrogen-bond donors (Lipinski definition) is 1. The van der Waals surface area contributed by atoms with Crippen LogP contribution in [0.15, 0.2) is 12.1 Å². The van der Waals surface area contributed by atoms with E-state index in [4.69, 9.17) is 9.47 Å². The topological polar surface area (TPSA) is 41.9 Å². The largest absolute Gasteiger partial charge is 0.493 e.